The van der Waals surface area contributed by atoms with E-state index in [2.05, 4.69) is 12.1 Å². The minimum atomic E-state index is -0.239. The van der Waals surface area contributed by atoms with E-state index in [0.717, 1.165) is 71.0 Å². The zero-order valence-corrected chi connectivity index (χ0v) is 16.9. The summed E-state index contributed by atoms with van der Waals surface area (Å²) in [6.07, 6.45) is 12.0. The first-order valence-electron chi connectivity index (χ1n) is 10.8. The molecular weight excluding hydrogens is 373 g/mol. The van der Waals surface area contributed by atoms with Crippen LogP contribution in [0.1, 0.15) is 55.7 Å². The Kier molecular flexibility index (Phi) is 5.04. The molecule has 0 radical (unpaired) electrons. The molecule has 1 aromatic heterocycles. The van der Waals surface area contributed by atoms with E-state index in [1.807, 2.05) is 42.5 Å². The lowest BCUT2D eigenvalue weighted by Crippen LogP contribution is -2.07. The number of pyridine rings is 1. The highest BCUT2D eigenvalue weighted by atomic mass is 19.1. The van der Waals surface area contributed by atoms with Crippen LogP contribution in [-0.4, -0.2) is 10.8 Å². The van der Waals surface area contributed by atoms with Gasteiger partial charge in [0.25, 0.3) is 0 Å². The average molecular weight is 397 g/mol. The Bertz CT molecular complexity index is 1170. The number of Topliss-reactive ketones (excluding diaryl/α,β-unsaturated/α-hetero) is 1. The Morgan fingerprint density at radius 3 is 2.50 bits per heavy atom. The van der Waals surface area contributed by atoms with E-state index < -0.39 is 0 Å². The van der Waals surface area contributed by atoms with Crippen molar-refractivity contribution in [2.45, 2.75) is 44.4 Å². The molecule has 2 aliphatic rings. The molecule has 0 atom stereocenters. The highest BCUT2D eigenvalue weighted by molar-refractivity contribution is 6.00. The molecule has 2 saturated carbocycles. The normalized spacial score (nSPS) is 18.6. The van der Waals surface area contributed by atoms with Crippen LogP contribution >= 0.6 is 0 Å². The minimum absolute atomic E-state index is 0.239. The van der Waals surface area contributed by atoms with Crippen LogP contribution in [0.15, 0.2) is 66.3 Å². The molecule has 0 N–H and O–H groups in total. The summed E-state index contributed by atoms with van der Waals surface area (Å²) in [6.45, 7) is 0. The molecular formula is C27H24FNO. The molecule has 5 rings (SSSR count). The second kappa shape index (κ2) is 7.98. The summed E-state index contributed by atoms with van der Waals surface area (Å²) >= 11 is 0. The van der Waals surface area contributed by atoms with Crippen molar-refractivity contribution in [3.8, 4) is 11.1 Å². The maximum Gasteiger partial charge on any atom is 0.158 e. The fourth-order valence-electron chi connectivity index (χ4n) is 4.35. The fourth-order valence-corrected chi connectivity index (χ4v) is 4.35. The highest BCUT2D eigenvalue weighted by Crippen LogP contribution is 2.45. The molecule has 2 aliphatic carbocycles. The van der Waals surface area contributed by atoms with Crippen molar-refractivity contribution in [3.05, 3.63) is 83.3 Å². The fraction of sp³-hybridized carbons (Fsp3) is 0.259. The van der Waals surface area contributed by atoms with Crippen LogP contribution in [0.25, 0.3) is 28.1 Å². The topological polar surface area (TPSA) is 30.0 Å². The monoisotopic (exact) mass is 397 g/mol. The second-order valence-corrected chi connectivity index (χ2v) is 8.27. The maximum absolute atomic E-state index is 13.6. The number of allylic oxidation sites excluding steroid dienone is 3. The van der Waals surface area contributed by atoms with E-state index >= 15 is 0 Å². The lowest BCUT2D eigenvalue weighted by molar-refractivity contribution is -0.116. The Morgan fingerprint density at radius 1 is 0.967 bits per heavy atom. The van der Waals surface area contributed by atoms with Gasteiger partial charge in [0.2, 0.25) is 0 Å². The summed E-state index contributed by atoms with van der Waals surface area (Å²) in [5, 5.41) is 1.06. The number of aromatic nitrogens is 1. The molecule has 2 fully saturated rings. The number of ketones is 1. The summed E-state index contributed by atoms with van der Waals surface area (Å²) in [6, 6.07) is 14.9. The van der Waals surface area contributed by atoms with Crippen LogP contribution in [0.5, 0.6) is 0 Å². The molecule has 2 nitrogen and oxygen atoms in total. The van der Waals surface area contributed by atoms with E-state index in [1.54, 1.807) is 0 Å². The number of hydrogen-bond acceptors (Lipinski definition) is 2. The van der Waals surface area contributed by atoms with Crippen LogP contribution in [0.3, 0.4) is 0 Å². The van der Waals surface area contributed by atoms with E-state index in [4.69, 9.17) is 4.98 Å². The van der Waals surface area contributed by atoms with Crippen LogP contribution < -0.4 is 0 Å². The van der Waals surface area contributed by atoms with Crippen molar-refractivity contribution in [2.75, 3.05) is 0 Å². The molecule has 0 amide bonds. The van der Waals surface area contributed by atoms with Crippen LogP contribution in [0.2, 0.25) is 0 Å². The third kappa shape index (κ3) is 3.72. The van der Waals surface area contributed by atoms with Gasteiger partial charge in [-0.15, -0.1) is 0 Å². The minimum Gasteiger partial charge on any atom is -0.295 e. The van der Waals surface area contributed by atoms with Crippen LogP contribution in [0, 0.1) is 5.82 Å². The molecule has 0 saturated heterocycles. The van der Waals surface area contributed by atoms with E-state index in [-0.39, 0.29) is 11.6 Å². The third-order valence-electron chi connectivity index (χ3n) is 6.07. The number of hydrogen-bond donors (Lipinski definition) is 0. The Hall–Kier alpha value is -3.07. The van der Waals surface area contributed by atoms with Gasteiger partial charge in [0, 0.05) is 28.9 Å². The number of para-hydroxylation sites is 1. The molecule has 0 unspecified atom stereocenters. The molecule has 150 valence electrons. The maximum atomic E-state index is 13.6. The number of carbonyl (C=O) groups excluding carboxylic acids is 1. The molecule has 0 aliphatic heterocycles. The Balaban J connectivity index is 1.68. The molecule has 3 aromatic rings. The number of benzene rings is 2. The number of nitrogens with zero attached hydrogens (tertiary/aromatic N) is 1. The standard InChI is InChI=1S/C27H24FNO/c28-21-16-14-19(15-17-21)26-22-8-2-3-10-24(22)29-27(20-12-13-20)23(26)9-5-7-18-6-1-4-11-25(18)30/h2-3,5,7-10,14-17,20H,1,4,6,11-13H2/b9-5+,18-7+. The lowest BCUT2D eigenvalue weighted by Gasteiger charge is -2.15. The van der Waals surface area contributed by atoms with Gasteiger partial charge in [0.05, 0.1) is 11.2 Å². The largest absolute Gasteiger partial charge is 0.295 e. The molecule has 0 spiro atoms. The quantitative estimate of drug-likeness (QED) is 0.444. The van der Waals surface area contributed by atoms with Gasteiger partial charge in [-0.25, -0.2) is 4.39 Å². The Morgan fingerprint density at radius 2 is 1.73 bits per heavy atom. The number of halogens is 1. The summed E-state index contributed by atoms with van der Waals surface area (Å²) in [5.74, 6) is 0.498. The van der Waals surface area contributed by atoms with Crippen molar-refractivity contribution < 1.29 is 9.18 Å². The zero-order chi connectivity index (χ0) is 20.5. The van der Waals surface area contributed by atoms with Crippen LogP contribution in [-0.2, 0) is 4.79 Å². The molecule has 0 bridgehead atoms. The van der Waals surface area contributed by atoms with Gasteiger partial charge >= 0.3 is 0 Å². The lowest BCUT2D eigenvalue weighted by atomic mass is 9.91. The van der Waals surface area contributed by atoms with E-state index in [0.29, 0.717) is 12.3 Å². The highest BCUT2D eigenvalue weighted by Gasteiger charge is 2.29. The first kappa shape index (κ1) is 18.9. The Labute approximate surface area is 176 Å². The smallest absolute Gasteiger partial charge is 0.158 e. The van der Waals surface area contributed by atoms with Crippen molar-refractivity contribution in [3.63, 3.8) is 0 Å². The first-order valence-corrected chi connectivity index (χ1v) is 10.8. The summed E-state index contributed by atoms with van der Waals surface area (Å²) < 4.78 is 13.6. The molecule has 2 aromatic carbocycles. The van der Waals surface area contributed by atoms with Crippen molar-refractivity contribution >= 4 is 22.8 Å². The average Bonchev–Trinajstić information content (AvgIpc) is 3.60. The predicted molar refractivity (Wildman–Crippen MR) is 120 cm³/mol. The summed E-state index contributed by atoms with van der Waals surface area (Å²) in [5.41, 5.74) is 6.16. The predicted octanol–water partition coefficient (Wildman–Crippen LogP) is 7.00. The molecule has 3 heteroatoms. The third-order valence-corrected chi connectivity index (χ3v) is 6.07. The zero-order valence-electron chi connectivity index (χ0n) is 16.9. The van der Waals surface area contributed by atoms with E-state index in [1.165, 1.54) is 12.1 Å². The van der Waals surface area contributed by atoms with Gasteiger partial charge in [-0.2, -0.15) is 0 Å². The van der Waals surface area contributed by atoms with Crippen LogP contribution in [0.4, 0.5) is 4.39 Å². The number of fused-ring (bicyclic) bond motifs is 1. The van der Waals surface area contributed by atoms with Gasteiger partial charge in [-0.3, -0.25) is 9.78 Å². The van der Waals surface area contributed by atoms with Gasteiger partial charge in [-0.1, -0.05) is 48.6 Å². The first-order chi connectivity index (χ1) is 14.7. The van der Waals surface area contributed by atoms with Gasteiger partial charge in [0.15, 0.2) is 5.78 Å². The van der Waals surface area contributed by atoms with Crippen molar-refractivity contribution in [1.29, 1.82) is 0 Å². The molecule has 30 heavy (non-hydrogen) atoms. The second-order valence-electron chi connectivity index (χ2n) is 8.27. The van der Waals surface area contributed by atoms with E-state index in [9.17, 15) is 9.18 Å². The van der Waals surface area contributed by atoms with Gasteiger partial charge < -0.3 is 0 Å². The SMILES string of the molecule is O=C1CCCC/C1=C\C=C\c1c(C2CC2)nc2ccccc2c1-c1ccc(F)cc1. The summed E-state index contributed by atoms with van der Waals surface area (Å²) in [7, 11) is 0. The number of carbonyl (C=O) groups is 1. The van der Waals surface area contributed by atoms with Gasteiger partial charge in [0.1, 0.15) is 5.82 Å². The number of rotatable bonds is 4. The van der Waals surface area contributed by atoms with Crippen molar-refractivity contribution in [2.24, 2.45) is 0 Å². The summed E-state index contributed by atoms with van der Waals surface area (Å²) in [4.78, 5) is 17.2. The van der Waals surface area contributed by atoms with Crippen molar-refractivity contribution in [1.82, 2.24) is 4.98 Å². The molecule has 1 heterocycles. The van der Waals surface area contributed by atoms with Gasteiger partial charge in [-0.05, 0) is 61.4 Å².